The van der Waals surface area contributed by atoms with Crippen molar-refractivity contribution in [3.8, 4) is 11.5 Å². The zero-order chi connectivity index (χ0) is 19.4. The average Bonchev–Trinajstić information content (AvgIpc) is 3.05. The Labute approximate surface area is 158 Å². The molecular weight excluding hydrogens is 370 g/mol. The minimum atomic E-state index is -2.97. The van der Waals surface area contributed by atoms with Crippen LogP contribution in [0.4, 0.5) is 11.8 Å². The highest BCUT2D eigenvalue weighted by atomic mass is 32.2. The molecule has 146 valence electrons. The maximum Gasteiger partial charge on any atom is 0.247 e. The van der Waals surface area contributed by atoms with Crippen LogP contribution in [0.3, 0.4) is 0 Å². The van der Waals surface area contributed by atoms with Crippen molar-refractivity contribution >= 4 is 21.6 Å². The molecule has 27 heavy (non-hydrogen) atoms. The molecule has 9 nitrogen and oxygen atoms in total. The van der Waals surface area contributed by atoms with E-state index in [2.05, 4.69) is 20.5 Å². The predicted molar refractivity (Wildman–Crippen MR) is 102 cm³/mol. The lowest BCUT2D eigenvalue weighted by Gasteiger charge is -2.22. The van der Waals surface area contributed by atoms with Gasteiger partial charge in [-0.25, -0.2) is 8.42 Å². The van der Waals surface area contributed by atoms with Gasteiger partial charge in [-0.3, -0.25) is 0 Å². The van der Waals surface area contributed by atoms with E-state index in [4.69, 9.17) is 9.47 Å². The van der Waals surface area contributed by atoms with Crippen molar-refractivity contribution in [2.45, 2.75) is 19.0 Å². The van der Waals surface area contributed by atoms with E-state index in [1.165, 1.54) is 6.20 Å². The number of anilines is 2. The standard InChI is InChI=1S/C17H23N5O4S/c1-22(13-6-7-27(23,24)11-13)17-20-16(10-19-21-17)18-9-12-4-5-14(25-2)15(8-12)26-3/h4-5,8,10,13H,6-7,9,11H2,1-3H3,(H,18,20,21). The van der Waals surface area contributed by atoms with Crippen LogP contribution >= 0.6 is 0 Å². The Kier molecular flexibility index (Phi) is 5.64. The van der Waals surface area contributed by atoms with Crippen molar-refractivity contribution in [1.29, 1.82) is 0 Å². The van der Waals surface area contributed by atoms with Gasteiger partial charge < -0.3 is 19.7 Å². The Bertz CT molecular complexity index is 906. The third kappa shape index (κ3) is 4.57. The quantitative estimate of drug-likeness (QED) is 0.740. The Morgan fingerprint density at radius 3 is 2.70 bits per heavy atom. The van der Waals surface area contributed by atoms with E-state index in [0.717, 1.165) is 5.56 Å². The van der Waals surface area contributed by atoms with Gasteiger partial charge in [0.1, 0.15) is 0 Å². The van der Waals surface area contributed by atoms with Crippen molar-refractivity contribution in [1.82, 2.24) is 15.2 Å². The van der Waals surface area contributed by atoms with Gasteiger partial charge in [0.2, 0.25) is 5.95 Å². The maximum absolute atomic E-state index is 11.7. The van der Waals surface area contributed by atoms with Crippen LogP contribution in [0, 0.1) is 0 Å². The van der Waals surface area contributed by atoms with Gasteiger partial charge in [0.25, 0.3) is 0 Å². The summed E-state index contributed by atoms with van der Waals surface area (Å²) in [6, 6.07) is 5.53. The Hall–Kier alpha value is -2.62. The number of methoxy groups -OCH3 is 2. The van der Waals surface area contributed by atoms with Crippen LogP contribution in [-0.2, 0) is 16.4 Å². The van der Waals surface area contributed by atoms with E-state index in [1.807, 2.05) is 18.2 Å². The smallest absolute Gasteiger partial charge is 0.247 e. The number of nitrogens with one attached hydrogen (secondary N) is 1. The molecule has 0 aliphatic carbocycles. The van der Waals surface area contributed by atoms with Gasteiger partial charge in [0, 0.05) is 19.6 Å². The lowest BCUT2D eigenvalue weighted by molar-refractivity contribution is 0.354. The molecule has 10 heteroatoms. The summed E-state index contributed by atoms with van der Waals surface area (Å²) < 4.78 is 33.9. The Morgan fingerprint density at radius 2 is 2.04 bits per heavy atom. The number of aromatic nitrogens is 3. The van der Waals surface area contributed by atoms with Gasteiger partial charge in [-0.05, 0) is 24.1 Å². The molecule has 1 aliphatic rings. The van der Waals surface area contributed by atoms with Gasteiger partial charge in [0.15, 0.2) is 27.2 Å². The van der Waals surface area contributed by atoms with Crippen molar-refractivity contribution in [3.05, 3.63) is 30.0 Å². The number of nitrogens with zero attached hydrogens (tertiary/aromatic N) is 4. The number of hydrogen-bond donors (Lipinski definition) is 1. The molecule has 1 saturated heterocycles. The number of ether oxygens (including phenoxy) is 2. The first-order valence-electron chi connectivity index (χ1n) is 8.49. The number of hydrogen-bond acceptors (Lipinski definition) is 9. The highest BCUT2D eigenvalue weighted by molar-refractivity contribution is 7.91. The second-order valence-electron chi connectivity index (χ2n) is 6.35. The van der Waals surface area contributed by atoms with Gasteiger partial charge in [0.05, 0.1) is 31.9 Å². The fraction of sp³-hybridized carbons (Fsp3) is 0.471. The van der Waals surface area contributed by atoms with Gasteiger partial charge in [-0.15, -0.1) is 5.10 Å². The maximum atomic E-state index is 11.7. The lowest BCUT2D eigenvalue weighted by atomic mass is 10.2. The molecule has 1 unspecified atom stereocenters. The summed E-state index contributed by atoms with van der Waals surface area (Å²) in [5.74, 6) is 2.60. The second-order valence-corrected chi connectivity index (χ2v) is 8.58. The van der Waals surface area contributed by atoms with E-state index in [-0.39, 0.29) is 17.5 Å². The molecule has 1 fully saturated rings. The third-order valence-electron chi connectivity index (χ3n) is 4.54. The van der Waals surface area contributed by atoms with E-state index in [0.29, 0.717) is 36.2 Å². The van der Waals surface area contributed by atoms with Crippen LogP contribution in [-0.4, -0.2) is 62.4 Å². The molecule has 1 aromatic carbocycles. The molecule has 0 spiro atoms. The van der Waals surface area contributed by atoms with Crippen LogP contribution in [0.5, 0.6) is 11.5 Å². The molecule has 1 aromatic heterocycles. The summed E-state index contributed by atoms with van der Waals surface area (Å²) >= 11 is 0. The van der Waals surface area contributed by atoms with Gasteiger partial charge in [-0.1, -0.05) is 6.07 Å². The summed E-state index contributed by atoms with van der Waals surface area (Å²) in [6.07, 6.45) is 2.11. The molecule has 0 radical (unpaired) electrons. The Balaban J connectivity index is 1.67. The van der Waals surface area contributed by atoms with E-state index < -0.39 is 9.84 Å². The van der Waals surface area contributed by atoms with Crippen molar-refractivity contribution in [2.24, 2.45) is 0 Å². The zero-order valence-electron chi connectivity index (χ0n) is 15.5. The molecule has 0 saturated carbocycles. The molecule has 2 aromatic rings. The monoisotopic (exact) mass is 393 g/mol. The normalized spacial score (nSPS) is 18.1. The van der Waals surface area contributed by atoms with Crippen LogP contribution in [0.1, 0.15) is 12.0 Å². The summed E-state index contributed by atoms with van der Waals surface area (Å²) in [5.41, 5.74) is 0.989. The molecule has 0 amide bonds. The van der Waals surface area contributed by atoms with Crippen molar-refractivity contribution in [3.63, 3.8) is 0 Å². The van der Waals surface area contributed by atoms with Gasteiger partial charge in [-0.2, -0.15) is 10.1 Å². The average molecular weight is 393 g/mol. The predicted octanol–water partition coefficient (Wildman–Crippen LogP) is 1.12. The minimum Gasteiger partial charge on any atom is -0.493 e. The topological polar surface area (TPSA) is 107 Å². The lowest BCUT2D eigenvalue weighted by Crippen LogP contribution is -2.34. The molecule has 0 bridgehead atoms. The van der Waals surface area contributed by atoms with Gasteiger partial charge >= 0.3 is 0 Å². The summed E-state index contributed by atoms with van der Waals surface area (Å²) in [6.45, 7) is 0.514. The molecule has 1 aliphatic heterocycles. The second kappa shape index (κ2) is 7.95. The van der Waals surface area contributed by atoms with Crippen LogP contribution < -0.4 is 19.7 Å². The zero-order valence-corrected chi connectivity index (χ0v) is 16.4. The number of rotatable bonds is 7. The van der Waals surface area contributed by atoms with E-state index in [1.54, 1.807) is 26.2 Å². The summed E-state index contributed by atoms with van der Waals surface area (Å²) in [4.78, 5) is 6.22. The first kappa shape index (κ1) is 19.2. The van der Waals surface area contributed by atoms with Crippen molar-refractivity contribution in [2.75, 3.05) is 43.0 Å². The molecule has 1 atom stereocenters. The fourth-order valence-electron chi connectivity index (χ4n) is 2.96. The van der Waals surface area contributed by atoms with Crippen LogP contribution in [0.15, 0.2) is 24.4 Å². The molecule has 2 heterocycles. The first-order chi connectivity index (χ1) is 12.9. The van der Waals surface area contributed by atoms with Crippen molar-refractivity contribution < 1.29 is 17.9 Å². The summed E-state index contributed by atoms with van der Waals surface area (Å²) in [5, 5.41) is 11.2. The summed E-state index contributed by atoms with van der Waals surface area (Å²) in [7, 11) is 2.00. The molecular formula is C17H23N5O4S. The first-order valence-corrected chi connectivity index (χ1v) is 10.3. The SMILES string of the molecule is COc1ccc(CNc2cnnc(N(C)C3CCS(=O)(=O)C3)n2)cc1OC. The number of benzene rings is 1. The Morgan fingerprint density at radius 1 is 1.26 bits per heavy atom. The number of sulfone groups is 1. The molecule has 3 rings (SSSR count). The highest BCUT2D eigenvalue weighted by Gasteiger charge is 2.31. The molecule has 1 N–H and O–H groups in total. The largest absolute Gasteiger partial charge is 0.493 e. The highest BCUT2D eigenvalue weighted by Crippen LogP contribution is 2.28. The minimum absolute atomic E-state index is 0.121. The van der Waals surface area contributed by atoms with Crippen LogP contribution in [0.2, 0.25) is 0 Å². The third-order valence-corrected chi connectivity index (χ3v) is 6.29. The van der Waals surface area contributed by atoms with E-state index in [9.17, 15) is 8.42 Å². The fourth-order valence-corrected chi connectivity index (χ4v) is 4.73. The van der Waals surface area contributed by atoms with Crippen LogP contribution in [0.25, 0.3) is 0 Å². The van der Waals surface area contributed by atoms with E-state index >= 15 is 0 Å².